The lowest BCUT2D eigenvalue weighted by Crippen LogP contribution is -2.51. The van der Waals surface area contributed by atoms with E-state index < -0.39 is 29.9 Å². The maximum atomic E-state index is 12.0. The van der Waals surface area contributed by atoms with Gasteiger partial charge in [-0.25, -0.2) is 0 Å². The molecule has 33 heavy (non-hydrogen) atoms. The number of hydrogen-bond donors (Lipinski definition) is 4. The normalized spacial score (nSPS) is 19.5. The van der Waals surface area contributed by atoms with Crippen LogP contribution in [0.3, 0.4) is 0 Å². The fourth-order valence-electron chi connectivity index (χ4n) is 3.87. The van der Waals surface area contributed by atoms with Gasteiger partial charge in [0.15, 0.2) is 0 Å². The number of carboxylic acid groups (broad SMARTS) is 4. The molecule has 1 aliphatic heterocycles. The average Bonchev–Trinajstić information content (AvgIpc) is 2.67. The highest BCUT2D eigenvalue weighted by Gasteiger charge is 2.28. The summed E-state index contributed by atoms with van der Waals surface area (Å²) in [6, 6.07) is -0.753. The summed E-state index contributed by atoms with van der Waals surface area (Å²) in [5.41, 5.74) is 0. The minimum Gasteiger partial charge on any atom is -0.480 e. The minimum atomic E-state index is -1.02. The van der Waals surface area contributed by atoms with Gasteiger partial charge in [-0.1, -0.05) is 13.8 Å². The molecule has 1 heterocycles. The molecular formula is C21H38N4O8. The van der Waals surface area contributed by atoms with E-state index in [-0.39, 0.29) is 19.6 Å². The van der Waals surface area contributed by atoms with Gasteiger partial charge in [-0.05, 0) is 18.8 Å². The number of aliphatic carboxylic acids is 4. The van der Waals surface area contributed by atoms with Gasteiger partial charge >= 0.3 is 23.9 Å². The summed E-state index contributed by atoms with van der Waals surface area (Å²) in [5, 5.41) is 37.6. The zero-order chi connectivity index (χ0) is 25.0. The van der Waals surface area contributed by atoms with Crippen molar-refractivity contribution in [3.8, 4) is 0 Å². The SMILES string of the molecule is CC(C)CC[C@H](C(=O)O)N1CCN(CC(=O)O)CCN(CC(=O)O)CCN(CC(=O)O)CC1. The average molecular weight is 475 g/mol. The first-order valence-electron chi connectivity index (χ1n) is 11.3. The van der Waals surface area contributed by atoms with Gasteiger partial charge in [-0.15, -0.1) is 0 Å². The van der Waals surface area contributed by atoms with E-state index in [9.17, 15) is 39.6 Å². The van der Waals surface area contributed by atoms with Gasteiger partial charge in [-0.3, -0.25) is 38.8 Å². The monoisotopic (exact) mass is 474 g/mol. The van der Waals surface area contributed by atoms with Crippen molar-refractivity contribution in [2.75, 3.05) is 72.0 Å². The number of nitrogens with zero attached hydrogens (tertiary/aromatic N) is 4. The predicted octanol–water partition coefficient (Wildman–Crippen LogP) is -0.649. The van der Waals surface area contributed by atoms with E-state index in [2.05, 4.69) is 0 Å². The third-order valence-corrected chi connectivity index (χ3v) is 5.69. The van der Waals surface area contributed by atoms with Crippen molar-refractivity contribution < 1.29 is 39.6 Å². The van der Waals surface area contributed by atoms with E-state index in [0.29, 0.717) is 64.7 Å². The lowest BCUT2D eigenvalue weighted by molar-refractivity contribution is -0.145. The molecule has 0 amide bonds. The Balaban J connectivity index is 3.10. The lowest BCUT2D eigenvalue weighted by atomic mass is 10.0. The van der Waals surface area contributed by atoms with Gasteiger partial charge in [0.1, 0.15) is 6.04 Å². The van der Waals surface area contributed by atoms with Crippen LogP contribution in [0.1, 0.15) is 26.7 Å². The van der Waals surface area contributed by atoms with Crippen LogP contribution >= 0.6 is 0 Å². The summed E-state index contributed by atoms with van der Waals surface area (Å²) in [6.07, 6.45) is 1.16. The van der Waals surface area contributed by atoms with E-state index in [1.54, 1.807) is 19.6 Å². The largest absolute Gasteiger partial charge is 0.480 e. The third-order valence-electron chi connectivity index (χ3n) is 5.69. The van der Waals surface area contributed by atoms with Crippen LogP contribution in [0.25, 0.3) is 0 Å². The molecule has 4 N–H and O–H groups in total. The van der Waals surface area contributed by atoms with E-state index in [0.717, 1.165) is 6.42 Å². The molecule has 0 unspecified atom stereocenters. The quantitative estimate of drug-likeness (QED) is 0.300. The van der Waals surface area contributed by atoms with Crippen LogP contribution in [0.4, 0.5) is 0 Å². The van der Waals surface area contributed by atoms with E-state index in [4.69, 9.17) is 0 Å². The van der Waals surface area contributed by atoms with Crippen LogP contribution in [0.2, 0.25) is 0 Å². The topological polar surface area (TPSA) is 162 Å². The first kappa shape index (κ1) is 28.8. The van der Waals surface area contributed by atoms with Crippen LogP contribution in [-0.2, 0) is 19.2 Å². The Bertz CT molecular complexity index is 628. The summed E-state index contributed by atoms with van der Waals surface area (Å²) in [6.45, 7) is 5.76. The Labute approximate surface area is 194 Å². The standard InChI is InChI=1S/C21H38N4O8/c1-16(2)3-4-17(21(32)33)25-11-9-23(14-19(28)29)7-5-22(13-18(26)27)6-8-24(10-12-25)15-20(30)31/h16-17H,3-15H2,1-2H3,(H,26,27)(H,28,29)(H,30,31)(H,32,33)/t17-/m1/s1. The van der Waals surface area contributed by atoms with Crippen molar-refractivity contribution in [2.24, 2.45) is 5.92 Å². The van der Waals surface area contributed by atoms with Crippen molar-refractivity contribution in [2.45, 2.75) is 32.7 Å². The van der Waals surface area contributed by atoms with E-state index in [1.165, 1.54) is 0 Å². The minimum absolute atomic E-state index is 0.232. The molecule has 0 aliphatic carbocycles. The van der Waals surface area contributed by atoms with Crippen molar-refractivity contribution in [1.29, 1.82) is 0 Å². The highest BCUT2D eigenvalue weighted by molar-refractivity contribution is 5.73. The Morgan fingerprint density at radius 1 is 0.606 bits per heavy atom. The molecule has 0 radical (unpaired) electrons. The van der Waals surface area contributed by atoms with Gasteiger partial charge in [0.25, 0.3) is 0 Å². The summed E-state index contributed by atoms with van der Waals surface area (Å²) in [7, 11) is 0. The molecule has 1 saturated heterocycles. The number of rotatable bonds is 11. The molecule has 12 nitrogen and oxygen atoms in total. The second kappa shape index (κ2) is 14.8. The summed E-state index contributed by atoms with van der Waals surface area (Å²) in [4.78, 5) is 52.7. The van der Waals surface area contributed by atoms with Gasteiger partial charge in [-0.2, -0.15) is 0 Å². The van der Waals surface area contributed by atoms with Gasteiger partial charge in [0.05, 0.1) is 19.6 Å². The maximum absolute atomic E-state index is 12.0. The summed E-state index contributed by atoms with van der Waals surface area (Å²) >= 11 is 0. The van der Waals surface area contributed by atoms with E-state index in [1.807, 2.05) is 13.8 Å². The highest BCUT2D eigenvalue weighted by Crippen LogP contribution is 2.14. The molecule has 12 heteroatoms. The molecule has 1 rings (SSSR count). The van der Waals surface area contributed by atoms with Gasteiger partial charge in [0.2, 0.25) is 0 Å². The molecule has 0 saturated carbocycles. The smallest absolute Gasteiger partial charge is 0.320 e. The highest BCUT2D eigenvalue weighted by atomic mass is 16.4. The molecule has 0 spiro atoms. The van der Waals surface area contributed by atoms with Crippen molar-refractivity contribution in [1.82, 2.24) is 19.6 Å². The van der Waals surface area contributed by atoms with Crippen molar-refractivity contribution >= 4 is 23.9 Å². The second-order valence-electron chi connectivity index (χ2n) is 8.87. The fourth-order valence-corrected chi connectivity index (χ4v) is 3.87. The predicted molar refractivity (Wildman–Crippen MR) is 119 cm³/mol. The molecule has 0 bridgehead atoms. The first-order valence-corrected chi connectivity index (χ1v) is 11.3. The Hall–Kier alpha value is -2.28. The molecule has 1 atom stereocenters. The van der Waals surface area contributed by atoms with Crippen molar-refractivity contribution in [3.05, 3.63) is 0 Å². The third kappa shape index (κ3) is 12.5. The molecule has 190 valence electrons. The molecule has 1 aliphatic rings. The van der Waals surface area contributed by atoms with Gasteiger partial charge < -0.3 is 20.4 Å². The Kier molecular flexibility index (Phi) is 12.9. The first-order chi connectivity index (χ1) is 15.5. The van der Waals surface area contributed by atoms with Crippen molar-refractivity contribution in [3.63, 3.8) is 0 Å². The fraction of sp³-hybridized carbons (Fsp3) is 0.810. The number of hydrogen-bond acceptors (Lipinski definition) is 8. The lowest BCUT2D eigenvalue weighted by Gasteiger charge is -2.35. The van der Waals surface area contributed by atoms with Crippen LogP contribution in [0, 0.1) is 5.92 Å². The Morgan fingerprint density at radius 2 is 0.939 bits per heavy atom. The molecule has 0 aromatic rings. The summed E-state index contributed by atoms with van der Waals surface area (Å²) < 4.78 is 0. The van der Waals surface area contributed by atoms with Crippen LogP contribution < -0.4 is 0 Å². The number of carbonyl (C=O) groups is 4. The zero-order valence-electron chi connectivity index (χ0n) is 19.6. The second-order valence-corrected chi connectivity index (χ2v) is 8.87. The van der Waals surface area contributed by atoms with E-state index >= 15 is 0 Å². The molecular weight excluding hydrogens is 436 g/mol. The van der Waals surface area contributed by atoms with Crippen LogP contribution in [0.5, 0.6) is 0 Å². The molecule has 0 aromatic heterocycles. The number of carboxylic acids is 4. The van der Waals surface area contributed by atoms with Gasteiger partial charge in [0, 0.05) is 52.4 Å². The molecule has 1 fully saturated rings. The summed E-state index contributed by atoms with van der Waals surface area (Å²) in [5.74, 6) is -3.67. The van der Waals surface area contributed by atoms with Crippen LogP contribution in [0.15, 0.2) is 0 Å². The Morgan fingerprint density at radius 3 is 1.21 bits per heavy atom. The molecule has 0 aromatic carbocycles. The zero-order valence-corrected chi connectivity index (χ0v) is 19.6. The van der Waals surface area contributed by atoms with Crippen LogP contribution in [-0.4, -0.2) is 142 Å². The maximum Gasteiger partial charge on any atom is 0.320 e.